The zero-order valence-electron chi connectivity index (χ0n) is 12.6. The van der Waals surface area contributed by atoms with Gasteiger partial charge in [-0.15, -0.1) is 0 Å². The lowest BCUT2D eigenvalue weighted by atomic mass is 10.2. The van der Waals surface area contributed by atoms with Crippen LogP contribution in [0.2, 0.25) is 0 Å². The van der Waals surface area contributed by atoms with Gasteiger partial charge in [0.2, 0.25) is 5.89 Å². The Morgan fingerprint density at radius 2 is 2.14 bits per heavy atom. The first-order chi connectivity index (χ1) is 10.5. The molecule has 1 aromatic heterocycles. The highest BCUT2D eigenvalue weighted by Gasteiger charge is 2.25. The molecule has 2 heterocycles. The molecule has 2 aromatic rings. The van der Waals surface area contributed by atoms with Crippen molar-refractivity contribution < 1.29 is 13.2 Å². The molecule has 22 heavy (non-hydrogen) atoms. The zero-order valence-corrected chi connectivity index (χ0v) is 13.4. The van der Waals surface area contributed by atoms with Crippen molar-refractivity contribution in [3.05, 3.63) is 41.8 Å². The molecule has 1 aliphatic rings. The molecule has 0 aliphatic carbocycles. The van der Waals surface area contributed by atoms with Crippen molar-refractivity contribution >= 4 is 11.8 Å². The number of hydrogen-bond acceptors (Lipinski definition) is 4. The summed E-state index contributed by atoms with van der Waals surface area (Å²) in [5, 5.41) is 0.589. The van der Waals surface area contributed by atoms with E-state index in [9.17, 15) is 8.78 Å². The Balaban J connectivity index is 1.74. The van der Waals surface area contributed by atoms with Crippen molar-refractivity contribution in [2.24, 2.45) is 0 Å². The van der Waals surface area contributed by atoms with Gasteiger partial charge >= 0.3 is 0 Å². The number of oxazole rings is 1. The summed E-state index contributed by atoms with van der Waals surface area (Å²) in [5.41, 5.74) is 1.26. The second kappa shape index (κ2) is 6.38. The predicted octanol–water partition coefficient (Wildman–Crippen LogP) is 3.95. The van der Waals surface area contributed by atoms with Crippen molar-refractivity contribution in [3.63, 3.8) is 0 Å². The Morgan fingerprint density at radius 1 is 1.32 bits per heavy atom. The van der Waals surface area contributed by atoms with Gasteiger partial charge in [0, 0.05) is 35.7 Å². The number of aromatic nitrogens is 1. The third-order valence-corrected chi connectivity index (χ3v) is 5.44. The van der Waals surface area contributed by atoms with Crippen LogP contribution in [-0.2, 0) is 6.54 Å². The van der Waals surface area contributed by atoms with E-state index in [-0.39, 0.29) is 0 Å². The SMILES string of the molecule is CC1SCCN(Cc2coc(-c3ccc(F)c(F)c3)n2)C1C. The van der Waals surface area contributed by atoms with E-state index in [1.807, 2.05) is 11.8 Å². The van der Waals surface area contributed by atoms with E-state index in [0.29, 0.717) is 29.3 Å². The van der Waals surface area contributed by atoms with Gasteiger partial charge in [-0.1, -0.05) is 6.92 Å². The standard InChI is InChI=1S/C16H18F2N2OS/c1-10-11(2)22-6-5-20(10)8-13-9-21-16(19-13)12-3-4-14(17)15(18)7-12/h3-4,7,9-11H,5-6,8H2,1-2H3. The highest BCUT2D eigenvalue weighted by molar-refractivity contribution is 8.00. The van der Waals surface area contributed by atoms with Gasteiger partial charge < -0.3 is 4.42 Å². The summed E-state index contributed by atoms with van der Waals surface area (Å²) < 4.78 is 31.7. The molecule has 0 N–H and O–H groups in total. The summed E-state index contributed by atoms with van der Waals surface area (Å²) in [4.78, 5) is 6.77. The maximum atomic E-state index is 13.3. The van der Waals surface area contributed by atoms with E-state index in [2.05, 4.69) is 23.7 Å². The second-order valence-electron chi connectivity index (χ2n) is 5.56. The topological polar surface area (TPSA) is 29.3 Å². The molecule has 2 atom stereocenters. The summed E-state index contributed by atoms with van der Waals surface area (Å²) in [6.45, 7) is 6.17. The summed E-state index contributed by atoms with van der Waals surface area (Å²) in [6, 6.07) is 4.13. The first kappa shape index (κ1) is 15.5. The van der Waals surface area contributed by atoms with Gasteiger partial charge in [0.15, 0.2) is 11.6 Å². The van der Waals surface area contributed by atoms with Crippen molar-refractivity contribution in [2.45, 2.75) is 31.7 Å². The fourth-order valence-corrected chi connectivity index (χ4v) is 3.73. The third-order valence-electron chi connectivity index (χ3n) is 4.10. The van der Waals surface area contributed by atoms with Crippen molar-refractivity contribution in [1.82, 2.24) is 9.88 Å². The summed E-state index contributed by atoms with van der Waals surface area (Å²) >= 11 is 1.98. The van der Waals surface area contributed by atoms with Gasteiger partial charge in [-0.3, -0.25) is 4.90 Å². The number of nitrogens with zero attached hydrogens (tertiary/aromatic N) is 2. The van der Waals surface area contributed by atoms with Crippen LogP contribution < -0.4 is 0 Å². The maximum Gasteiger partial charge on any atom is 0.226 e. The number of hydrogen-bond donors (Lipinski definition) is 0. The zero-order chi connectivity index (χ0) is 15.7. The van der Waals surface area contributed by atoms with Gasteiger partial charge in [-0.25, -0.2) is 13.8 Å². The third kappa shape index (κ3) is 3.17. The Kier molecular flexibility index (Phi) is 4.49. The molecule has 0 spiro atoms. The molecule has 6 heteroatoms. The van der Waals surface area contributed by atoms with Crippen molar-refractivity contribution in [1.29, 1.82) is 0 Å². The maximum absolute atomic E-state index is 13.3. The van der Waals surface area contributed by atoms with Crippen LogP contribution >= 0.6 is 11.8 Å². The van der Waals surface area contributed by atoms with Gasteiger partial charge in [-0.05, 0) is 25.1 Å². The lowest BCUT2D eigenvalue weighted by molar-refractivity contribution is 0.202. The Labute approximate surface area is 132 Å². The molecule has 0 radical (unpaired) electrons. The molecular formula is C16H18F2N2OS. The van der Waals surface area contributed by atoms with Crippen molar-refractivity contribution in [3.8, 4) is 11.5 Å². The largest absolute Gasteiger partial charge is 0.444 e. The number of halogens is 2. The van der Waals surface area contributed by atoms with Crippen LogP contribution in [-0.4, -0.2) is 33.5 Å². The predicted molar refractivity (Wildman–Crippen MR) is 83.6 cm³/mol. The molecule has 1 aliphatic heterocycles. The lowest BCUT2D eigenvalue weighted by Crippen LogP contribution is -2.44. The van der Waals surface area contributed by atoms with E-state index in [4.69, 9.17) is 4.42 Å². The number of rotatable bonds is 3. The van der Waals surface area contributed by atoms with Gasteiger partial charge in [0.05, 0.1) is 5.69 Å². The van der Waals surface area contributed by atoms with E-state index in [0.717, 1.165) is 30.1 Å². The lowest BCUT2D eigenvalue weighted by Gasteiger charge is -2.36. The molecule has 0 saturated carbocycles. The van der Waals surface area contributed by atoms with Gasteiger partial charge in [0.25, 0.3) is 0 Å². The highest BCUT2D eigenvalue weighted by atomic mass is 32.2. The molecule has 0 amide bonds. The summed E-state index contributed by atoms with van der Waals surface area (Å²) in [6.07, 6.45) is 1.59. The Hall–Kier alpha value is -1.40. The van der Waals surface area contributed by atoms with E-state index >= 15 is 0 Å². The molecular weight excluding hydrogens is 306 g/mol. The average Bonchev–Trinajstić information content (AvgIpc) is 2.95. The number of thioether (sulfide) groups is 1. The van der Waals surface area contributed by atoms with Crippen LogP contribution in [0.3, 0.4) is 0 Å². The fraction of sp³-hybridized carbons (Fsp3) is 0.438. The highest BCUT2D eigenvalue weighted by Crippen LogP contribution is 2.26. The number of benzene rings is 1. The summed E-state index contributed by atoms with van der Waals surface area (Å²) in [7, 11) is 0. The molecule has 1 fully saturated rings. The molecule has 3 rings (SSSR count). The smallest absolute Gasteiger partial charge is 0.226 e. The van der Waals surface area contributed by atoms with Crippen LogP contribution in [0.4, 0.5) is 8.78 Å². The Bertz CT molecular complexity index is 661. The minimum absolute atomic E-state index is 0.320. The normalized spacial score (nSPS) is 22.9. The molecule has 1 aromatic carbocycles. The van der Waals surface area contributed by atoms with Crippen molar-refractivity contribution in [2.75, 3.05) is 12.3 Å². The van der Waals surface area contributed by atoms with Gasteiger partial charge in [-0.2, -0.15) is 11.8 Å². The van der Waals surface area contributed by atoms with Crippen LogP contribution in [0, 0.1) is 11.6 Å². The van der Waals surface area contributed by atoms with Crippen LogP contribution in [0.15, 0.2) is 28.9 Å². The van der Waals surface area contributed by atoms with Crippen LogP contribution in [0.5, 0.6) is 0 Å². The first-order valence-corrected chi connectivity index (χ1v) is 8.35. The second-order valence-corrected chi connectivity index (χ2v) is 7.05. The molecule has 3 nitrogen and oxygen atoms in total. The first-order valence-electron chi connectivity index (χ1n) is 7.30. The minimum Gasteiger partial charge on any atom is -0.444 e. The van der Waals surface area contributed by atoms with Gasteiger partial charge in [0.1, 0.15) is 6.26 Å². The Morgan fingerprint density at radius 3 is 2.91 bits per heavy atom. The van der Waals surface area contributed by atoms with Crippen LogP contribution in [0.1, 0.15) is 19.5 Å². The van der Waals surface area contributed by atoms with E-state index in [1.165, 1.54) is 6.07 Å². The molecule has 2 unspecified atom stereocenters. The summed E-state index contributed by atoms with van der Waals surface area (Å²) in [5.74, 6) is -0.336. The fourth-order valence-electron chi connectivity index (χ4n) is 2.57. The average molecular weight is 324 g/mol. The molecule has 1 saturated heterocycles. The van der Waals surface area contributed by atoms with Crippen LogP contribution in [0.25, 0.3) is 11.5 Å². The quantitative estimate of drug-likeness (QED) is 0.855. The molecule has 118 valence electrons. The monoisotopic (exact) mass is 324 g/mol. The van der Waals surface area contributed by atoms with E-state index < -0.39 is 11.6 Å². The molecule has 0 bridgehead atoms. The minimum atomic E-state index is -0.896. The van der Waals surface area contributed by atoms with E-state index in [1.54, 1.807) is 6.26 Å².